The van der Waals surface area contributed by atoms with Gasteiger partial charge in [-0.05, 0) is 62.4 Å². The van der Waals surface area contributed by atoms with Crippen LogP contribution in [0, 0.1) is 12.7 Å². The predicted molar refractivity (Wildman–Crippen MR) is 170 cm³/mol. The molecule has 8 nitrogen and oxygen atoms in total. The van der Waals surface area contributed by atoms with Crippen molar-refractivity contribution >= 4 is 29.0 Å². The second kappa shape index (κ2) is 15.7. The van der Waals surface area contributed by atoms with Gasteiger partial charge in [-0.15, -0.1) is 12.4 Å². The number of piperidine rings is 1. The molecule has 1 aliphatic heterocycles. The van der Waals surface area contributed by atoms with E-state index in [9.17, 15) is 18.0 Å². The summed E-state index contributed by atoms with van der Waals surface area (Å²) < 4.78 is 62.8. The Kier molecular flexibility index (Phi) is 12.3. The van der Waals surface area contributed by atoms with Crippen LogP contribution in [0.5, 0.6) is 5.75 Å². The Balaban J connectivity index is 0.00000208. The molecule has 6 rings (SSSR count). The van der Waals surface area contributed by atoms with Gasteiger partial charge in [0, 0.05) is 79.6 Å². The molecule has 2 fully saturated rings. The number of aryl methyl sites for hydroxylation is 1. The van der Waals surface area contributed by atoms with Gasteiger partial charge in [-0.3, -0.25) is 19.7 Å². The SMILES string of the molecule is Cc1cc(CN(Cc2cn(C3CC3)c3cc(OCCO)c(F)cc3c2=O)[C@H]2CCCN(c3cncc(C(F)(F)F)c3)C2)ccn1.Cl.[H-].[Na+]. The molecule has 0 spiro atoms. The van der Waals surface area contributed by atoms with Crippen LogP contribution in [-0.2, 0) is 19.3 Å². The van der Waals surface area contributed by atoms with E-state index in [1.54, 1.807) is 6.20 Å². The minimum absolute atomic E-state index is 0. The summed E-state index contributed by atoms with van der Waals surface area (Å²) in [6.45, 7) is 3.39. The summed E-state index contributed by atoms with van der Waals surface area (Å²) >= 11 is 0. The maximum Gasteiger partial charge on any atom is 1.00 e. The van der Waals surface area contributed by atoms with Crippen LogP contribution in [0.4, 0.5) is 23.2 Å². The van der Waals surface area contributed by atoms with Crippen LogP contribution >= 0.6 is 12.4 Å². The number of ether oxygens (including phenoxy) is 1. The number of hydrogen-bond acceptors (Lipinski definition) is 7. The number of rotatable bonds is 10. The Hall–Kier alpha value is -2.74. The zero-order valence-corrected chi connectivity index (χ0v) is 29.2. The molecule has 4 heterocycles. The van der Waals surface area contributed by atoms with Gasteiger partial charge in [-0.25, -0.2) is 4.39 Å². The zero-order valence-electron chi connectivity index (χ0n) is 27.3. The Morgan fingerprint density at radius 3 is 2.62 bits per heavy atom. The number of anilines is 1. The summed E-state index contributed by atoms with van der Waals surface area (Å²) in [7, 11) is 0. The van der Waals surface area contributed by atoms with Crippen LogP contribution in [0.25, 0.3) is 10.9 Å². The van der Waals surface area contributed by atoms with Gasteiger partial charge in [0.05, 0.1) is 29.6 Å². The molecule has 1 aromatic carbocycles. The average molecular weight is 686 g/mol. The molecule has 4 aromatic rings. The second-order valence-corrected chi connectivity index (χ2v) is 11.9. The van der Waals surface area contributed by atoms with Crippen molar-refractivity contribution in [1.29, 1.82) is 0 Å². The van der Waals surface area contributed by atoms with E-state index in [-0.39, 0.29) is 91.8 Å². The van der Waals surface area contributed by atoms with Crippen molar-refractivity contribution in [1.82, 2.24) is 19.4 Å². The number of aliphatic hydroxyl groups excluding tert-OH is 1. The maximum absolute atomic E-state index is 15.0. The molecule has 0 radical (unpaired) electrons. The maximum atomic E-state index is 15.0. The number of nitrogens with zero attached hydrogens (tertiary/aromatic N) is 5. The van der Waals surface area contributed by atoms with Crippen LogP contribution in [0.3, 0.4) is 0 Å². The Bertz CT molecular complexity index is 1760. The van der Waals surface area contributed by atoms with Crippen molar-refractivity contribution in [3.05, 3.63) is 93.5 Å². The fourth-order valence-electron chi connectivity index (χ4n) is 6.15. The van der Waals surface area contributed by atoms with Crippen molar-refractivity contribution in [3.63, 3.8) is 0 Å². The van der Waals surface area contributed by atoms with E-state index in [1.165, 1.54) is 18.3 Å². The monoisotopic (exact) mass is 685 g/mol. The number of aliphatic hydroxyl groups is 1. The van der Waals surface area contributed by atoms with Crippen molar-refractivity contribution in [2.24, 2.45) is 0 Å². The molecule has 3 aromatic heterocycles. The van der Waals surface area contributed by atoms with Gasteiger partial charge >= 0.3 is 35.7 Å². The van der Waals surface area contributed by atoms with Crippen molar-refractivity contribution in [2.45, 2.75) is 64.0 Å². The molecule has 47 heavy (non-hydrogen) atoms. The summed E-state index contributed by atoms with van der Waals surface area (Å²) in [4.78, 5) is 26.2. The number of halogens is 5. The minimum Gasteiger partial charge on any atom is -1.00 e. The van der Waals surface area contributed by atoms with Crippen LogP contribution < -0.4 is 44.6 Å². The first-order valence-electron chi connectivity index (χ1n) is 15.1. The summed E-state index contributed by atoms with van der Waals surface area (Å²) in [6, 6.07) is 7.88. The van der Waals surface area contributed by atoms with Gasteiger partial charge in [-0.2, -0.15) is 13.2 Å². The second-order valence-electron chi connectivity index (χ2n) is 11.9. The number of alkyl halides is 3. The van der Waals surface area contributed by atoms with Crippen molar-refractivity contribution in [3.8, 4) is 5.75 Å². The summed E-state index contributed by atoms with van der Waals surface area (Å²) in [5, 5.41) is 9.40. The van der Waals surface area contributed by atoms with Crippen LogP contribution in [0.15, 0.2) is 59.9 Å². The van der Waals surface area contributed by atoms with E-state index in [0.29, 0.717) is 36.4 Å². The fraction of sp³-hybridized carbons (Fsp3) is 0.424. The number of fused-ring (bicyclic) bond motifs is 1. The van der Waals surface area contributed by atoms with E-state index >= 15 is 4.39 Å². The van der Waals surface area contributed by atoms with Crippen molar-refractivity contribution < 1.29 is 58.4 Å². The number of aromatic nitrogens is 3. The third kappa shape index (κ3) is 8.65. The molecular formula is C33H37ClF4N5NaO3. The average Bonchev–Trinajstić information content (AvgIpc) is 3.87. The molecule has 1 saturated heterocycles. The van der Waals surface area contributed by atoms with Crippen LogP contribution in [0.2, 0.25) is 0 Å². The third-order valence-corrected chi connectivity index (χ3v) is 8.50. The van der Waals surface area contributed by atoms with Gasteiger partial charge in [-0.1, -0.05) is 0 Å². The smallest absolute Gasteiger partial charge is 1.00 e. The van der Waals surface area contributed by atoms with E-state index in [2.05, 4.69) is 14.9 Å². The largest absolute Gasteiger partial charge is 1.00 e. The molecular weight excluding hydrogens is 649 g/mol. The molecule has 248 valence electrons. The fourth-order valence-corrected chi connectivity index (χ4v) is 6.15. The van der Waals surface area contributed by atoms with Gasteiger partial charge < -0.3 is 20.7 Å². The predicted octanol–water partition coefficient (Wildman–Crippen LogP) is 3.17. The molecule has 0 unspecified atom stereocenters. The van der Waals surface area contributed by atoms with Crippen LogP contribution in [-0.4, -0.2) is 56.9 Å². The van der Waals surface area contributed by atoms with E-state index < -0.39 is 17.6 Å². The number of pyridine rings is 3. The number of hydrogen-bond donors (Lipinski definition) is 1. The van der Waals surface area contributed by atoms with Gasteiger partial charge in [0.1, 0.15) is 6.61 Å². The van der Waals surface area contributed by atoms with Crippen LogP contribution in [0.1, 0.15) is 55.5 Å². The Labute approximate surface area is 299 Å². The van der Waals surface area contributed by atoms with Gasteiger partial charge in [0.2, 0.25) is 0 Å². The summed E-state index contributed by atoms with van der Waals surface area (Å²) in [5.74, 6) is -0.687. The first-order chi connectivity index (χ1) is 21.6. The molecule has 1 saturated carbocycles. The summed E-state index contributed by atoms with van der Waals surface area (Å²) in [6.07, 6.45) is 4.80. The molecule has 1 N–H and O–H groups in total. The molecule has 1 atom stereocenters. The normalized spacial score (nSPS) is 16.6. The Morgan fingerprint density at radius 1 is 1.13 bits per heavy atom. The minimum atomic E-state index is -4.49. The van der Waals surface area contributed by atoms with Gasteiger partial charge in [0.25, 0.3) is 0 Å². The van der Waals surface area contributed by atoms with E-state index in [1.807, 2.05) is 34.7 Å². The first-order valence-corrected chi connectivity index (χ1v) is 15.1. The molecule has 2 aliphatic rings. The first kappa shape index (κ1) is 37.1. The molecule has 14 heteroatoms. The topological polar surface area (TPSA) is 83.7 Å². The number of benzene rings is 1. The van der Waals surface area contributed by atoms with Gasteiger partial charge in [0.15, 0.2) is 17.0 Å². The quantitative estimate of drug-likeness (QED) is 0.203. The standard InChI is InChI=1S/C33H35F4N5O3.ClH.Na.H/c1-21-11-22(6-7-39-21)17-41(26-3-2-8-40(20-26)27-12-24(15-38-16-27)33(35,36)37)18-23-19-42(25-4-5-25)30-14-31(45-10-9-43)29(34)13-28(30)32(23)44;;;/h6-7,11-16,19,25-26,43H,2-5,8-10,17-18,20H2,1H3;1H;;/q;;+1;-1/t26-;;;/m0.../s1. The van der Waals surface area contributed by atoms with E-state index in [4.69, 9.17) is 9.84 Å². The molecule has 0 amide bonds. The van der Waals surface area contributed by atoms with Crippen molar-refractivity contribution in [2.75, 3.05) is 31.2 Å². The third-order valence-electron chi connectivity index (χ3n) is 8.50. The molecule has 0 bridgehead atoms. The summed E-state index contributed by atoms with van der Waals surface area (Å²) in [5.41, 5.74) is 2.29. The van der Waals surface area contributed by atoms with E-state index in [0.717, 1.165) is 49.2 Å². The Morgan fingerprint density at radius 2 is 1.91 bits per heavy atom. The molecule has 1 aliphatic carbocycles. The zero-order chi connectivity index (χ0) is 31.7.